The van der Waals surface area contributed by atoms with Crippen LogP contribution in [0, 0.1) is 11.8 Å². The molecular formula is C18H22F3N3S. The topological polar surface area (TPSA) is 36.4 Å². The number of alkyl halides is 3. The van der Waals surface area contributed by atoms with Gasteiger partial charge in [-0.3, -0.25) is 0 Å². The van der Waals surface area contributed by atoms with Crippen molar-refractivity contribution in [1.82, 2.24) is 10.6 Å². The number of thioether (sulfide) groups is 1. The monoisotopic (exact) mass is 369 g/mol. The molecule has 0 radical (unpaired) electrons. The summed E-state index contributed by atoms with van der Waals surface area (Å²) in [5.41, 5.74) is -0.348. The average Bonchev–Trinajstić information content (AvgIpc) is 2.59. The van der Waals surface area contributed by atoms with Crippen molar-refractivity contribution >= 4 is 17.7 Å². The molecule has 2 rings (SSSR count). The zero-order valence-electron chi connectivity index (χ0n) is 14.1. The molecular weight excluding hydrogens is 347 g/mol. The number of halogens is 3. The van der Waals surface area contributed by atoms with Crippen LogP contribution in [0.5, 0.6) is 0 Å². The summed E-state index contributed by atoms with van der Waals surface area (Å²) in [5.74, 6) is 8.52. The van der Waals surface area contributed by atoms with Crippen LogP contribution in [0.2, 0.25) is 0 Å². The quantitative estimate of drug-likeness (QED) is 0.486. The summed E-state index contributed by atoms with van der Waals surface area (Å²) in [6.45, 7) is 2.96. The number of rotatable bonds is 3. The Morgan fingerprint density at radius 3 is 2.92 bits per heavy atom. The van der Waals surface area contributed by atoms with Crippen molar-refractivity contribution in [3.8, 4) is 11.8 Å². The zero-order valence-corrected chi connectivity index (χ0v) is 14.9. The van der Waals surface area contributed by atoms with Crippen LogP contribution < -0.4 is 10.6 Å². The largest absolute Gasteiger partial charge is 0.416 e. The van der Waals surface area contributed by atoms with Crippen LogP contribution in [0.15, 0.2) is 29.3 Å². The lowest BCUT2D eigenvalue weighted by Gasteiger charge is -2.24. The molecule has 3 nitrogen and oxygen atoms in total. The van der Waals surface area contributed by atoms with Crippen LogP contribution in [0.4, 0.5) is 13.2 Å². The molecule has 0 aliphatic carbocycles. The van der Waals surface area contributed by atoms with Crippen molar-refractivity contribution in [3.05, 3.63) is 35.4 Å². The molecule has 1 atom stereocenters. The second kappa shape index (κ2) is 9.62. The molecule has 1 aliphatic heterocycles. The first-order valence-corrected chi connectivity index (χ1v) is 9.43. The van der Waals surface area contributed by atoms with Crippen molar-refractivity contribution in [1.29, 1.82) is 0 Å². The summed E-state index contributed by atoms with van der Waals surface area (Å²) in [6.07, 6.45) is -2.04. The lowest BCUT2D eigenvalue weighted by molar-refractivity contribution is -0.137. The highest BCUT2D eigenvalue weighted by atomic mass is 32.2. The fourth-order valence-electron chi connectivity index (χ4n) is 2.40. The van der Waals surface area contributed by atoms with Gasteiger partial charge in [-0.2, -0.15) is 24.9 Å². The van der Waals surface area contributed by atoms with Crippen molar-refractivity contribution in [2.75, 3.05) is 24.6 Å². The second-order valence-electron chi connectivity index (χ2n) is 5.63. The molecule has 0 aromatic heterocycles. The van der Waals surface area contributed by atoms with E-state index in [1.165, 1.54) is 18.2 Å². The Balaban J connectivity index is 1.96. The van der Waals surface area contributed by atoms with Gasteiger partial charge in [-0.1, -0.05) is 17.9 Å². The number of benzene rings is 1. The number of guanidine groups is 1. The zero-order chi connectivity index (χ0) is 18.1. The maximum Gasteiger partial charge on any atom is 0.416 e. The van der Waals surface area contributed by atoms with Gasteiger partial charge in [0.25, 0.3) is 0 Å². The Hall–Kier alpha value is -1.81. The Kier molecular flexibility index (Phi) is 7.51. The molecule has 136 valence electrons. The van der Waals surface area contributed by atoms with Crippen LogP contribution in [-0.4, -0.2) is 36.6 Å². The fourth-order valence-corrected chi connectivity index (χ4v) is 3.47. The van der Waals surface area contributed by atoms with Gasteiger partial charge in [0, 0.05) is 23.9 Å². The van der Waals surface area contributed by atoms with E-state index in [9.17, 15) is 13.2 Å². The van der Waals surface area contributed by atoms with Gasteiger partial charge in [0.2, 0.25) is 0 Å². The van der Waals surface area contributed by atoms with Crippen molar-refractivity contribution in [2.45, 2.75) is 32.0 Å². The van der Waals surface area contributed by atoms with Crippen LogP contribution in [0.1, 0.15) is 30.9 Å². The Labute approximate surface area is 150 Å². The third-order valence-electron chi connectivity index (χ3n) is 3.58. The Morgan fingerprint density at radius 1 is 1.40 bits per heavy atom. The molecule has 0 amide bonds. The summed E-state index contributed by atoms with van der Waals surface area (Å²) in [4.78, 5) is 4.38. The van der Waals surface area contributed by atoms with E-state index >= 15 is 0 Å². The highest BCUT2D eigenvalue weighted by Gasteiger charge is 2.30. The molecule has 1 aromatic carbocycles. The van der Waals surface area contributed by atoms with E-state index in [0.717, 1.165) is 30.9 Å². The molecule has 1 aliphatic rings. The minimum atomic E-state index is -4.35. The molecule has 1 heterocycles. The van der Waals surface area contributed by atoms with Crippen LogP contribution in [0.25, 0.3) is 0 Å². The summed E-state index contributed by atoms with van der Waals surface area (Å²) in [7, 11) is 0. The maximum absolute atomic E-state index is 12.7. The highest BCUT2D eigenvalue weighted by Crippen LogP contribution is 2.29. The third-order valence-corrected chi connectivity index (χ3v) is 4.80. The van der Waals surface area contributed by atoms with E-state index in [-0.39, 0.29) is 6.54 Å². The SMILES string of the molecule is CCNC(=NCC#Cc1cccc(C(F)(F)F)c1)NC1CCCSC1. The summed E-state index contributed by atoms with van der Waals surface area (Å²) < 4.78 is 38.0. The van der Waals surface area contributed by atoms with Gasteiger partial charge in [0.15, 0.2) is 5.96 Å². The Bertz CT molecular complexity index is 641. The molecule has 7 heteroatoms. The van der Waals surface area contributed by atoms with Crippen molar-refractivity contribution in [2.24, 2.45) is 4.99 Å². The van der Waals surface area contributed by atoms with Gasteiger partial charge >= 0.3 is 6.18 Å². The van der Waals surface area contributed by atoms with Crippen LogP contribution in [0.3, 0.4) is 0 Å². The standard InChI is InChI=1S/C18H22F3N3S/c1-2-22-17(24-16-9-5-11-25-13-16)23-10-4-7-14-6-3-8-15(12-14)18(19,20)21/h3,6,8,12,16H,2,5,9-11,13H2,1H3,(H2,22,23,24). The van der Waals surface area contributed by atoms with E-state index in [2.05, 4.69) is 27.5 Å². The number of hydrogen-bond donors (Lipinski definition) is 2. The summed E-state index contributed by atoms with van der Waals surface area (Å²) >= 11 is 1.93. The van der Waals surface area contributed by atoms with Gasteiger partial charge in [-0.15, -0.1) is 0 Å². The molecule has 1 aromatic rings. The van der Waals surface area contributed by atoms with E-state index < -0.39 is 11.7 Å². The maximum atomic E-state index is 12.7. The first-order valence-electron chi connectivity index (χ1n) is 8.27. The van der Waals surface area contributed by atoms with Gasteiger partial charge in [0.05, 0.1) is 5.56 Å². The number of nitrogens with one attached hydrogen (secondary N) is 2. The van der Waals surface area contributed by atoms with Crippen LogP contribution >= 0.6 is 11.8 Å². The van der Waals surface area contributed by atoms with E-state index in [0.29, 0.717) is 17.6 Å². The molecule has 0 spiro atoms. The molecule has 25 heavy (non-hydrogen) atoms. The van der Waals surface area contributed by atoms with Crippen LogP contribution in [-0.2, 0) is 6.18 Å². The third kappa shape index (κ3) is 6.91. The van der Waals surface area contributed by atoms with Gasteiger partial charge in [-0.05, 0) is 43.7 Å². The fraction of sp³-hybridized carbons (Fsp3) is 0.500. The molecule has 1 fully saturated rings. The van der Waals surface area contributed by atoms with E-state index in [1.807, 2.05) is 18.7 Å². The minimum Gasteiger partial charge on any atom is -0.357 e. The van der Waals surface area contributed by atoms with Gasteiger partial charge in [-0.25, -0.2) is 4.99 Å². The molecule has 0 bridgehead atoms. The molecule has 1 unspecified atom stereocenters. The second-order valence-corrected chi connectivity index (χ2v) is 6.78. The number of hydrogen-bond acceptors (Lipinski definition) is 2. The molecule has 2 N–H and O–H groups in total. The minimum absolute atomic E-state index is 0.228. The van der Waals surface area contributed by atoms with Gasteiger partial charge in [0.1, 0.15) is 6.54 Å². The summed E-state index contributed by atoms with van der Waals surface area (Å²) in [5, 5.41) is 6.56. The summed E-state index contributed by atoms with van der Waals surface area (Å²) in [6, 6.07) is 5.42. The van der Waals surface area contributed by atoms with Crippen molar-refractivity contribution < 1.29 is 13.2 Å². The predicted octanol–water partition coefficient (Wildman–Crippen LogP) is 3.51. The van der Waals surface area contributed by atoms with Gasteiger partial charge < -0.3 is 10.6 Å². The molecule has 0 saturated carbocycles. The van der Waals surface area contributed by atoms with E-state index in [4.69, 9.17) is 0 Å². The smallest absolute Gasteiger partial charge is 0.357 e. The number of aliphatic imine (C=N–C) groups is 1. The lowest BCUT2D eigenvalue weighted by atomic mass is 10.1. The first-order chi connectivity index (χ1) is 12.0. The Morgan fingerprint density at radius 2 is 2.24 bits per heavy atom. The first kappa shape index (κ1) is 19.5. The predicted molar refractivity (Wildman–Crippen MR) is 97.8 cm³/mol. The normalized spacial score (nSPS) is 18.2. The molecule has 1 saturated heterocycles. The lowest BCUT2D eigenvalue weighted by Crippen LogP contribution is -2.45. The van der Waals surface area contributed by atoms with E-state index in [1.54, 1.807) is 6.07 Å². The number of nitrogens with zero attached hydrogens (tertiary/aromatic N) is 1. The van der Waals surface area contributed by atoms with Crippen molar-refractivity contribution in [3.63, 3.8) is 0 Å². The highest BCUT2D eigenvalue weighted by molar-refractivity contribution is 7.99. The average molecular weight is 369 g/mol.